The zero-order valence-electron chi connectivity index (χ0n) is 21.6. The first-order valence-electron chi connectivity index (χ1n) is 12.7. The molecule has 1 saturated heterocycles. The summed E-state index contributed by atoms with van der Waals surface area (Å²) in [5.74, 6) is 1.18. The Morgan fingerprint density at radius 3 is 2.61 bits per heavy atom. The molecule has 0 spiro atoms. The molecule has 5 rings (SSSR count). The Balaban J connectivity index is 1.39. The Labute approximate surface area is 220 Å². The third kappa shape index (κ3) is 6.10. The van der Waals surface area contributed by atoms with Crippen LogP contribution in [0.5, 0.6) is 6.01 Å². The number of nitrogens with zero attached hydrogens (tertiary/aromatic N) is 5. The van der Waals surface area contributed by atoms with Crippen molar-refractivity contribution in [1.29, 1.82) is 0 Å². The van der Waals surface area contributed by atoms with E-state index in [4.69, 9.17) is 4.74 Å². The van der Waals surface area contributed by atoms with E-state index in [0.29, 0.717) is 28.9 Å². The maximum absolute atomic E-state index is 14.9. The highest BCUT2D eigenvalue weighted by Gasteiger charge is 2.26. The maximum Gasteiger partial charge on any atom is 0.326 e. The molecule has 0 bridgehead atoms. The summed E-state index contributed by atoms with van der Waals surface area (Å²) in [6, 6.07) is 5.47. The molecule has 4 heterocycles. The molecule has 0 atom stereocenters. The van der Waals surface area contributed by atoms with E-state index in [2.05, 4.69) is 46.8 Å². The van der Waals surface area contributed by atoms with E-state index in [1.54, 1.807) is 6.92 Å². The van der Waals surface area contributed by atoms with Gasteiger partial charge in [0, 0.05) is 68.2 Å². The summed E-state index contributed by atoms with van der Waals surface area (Å²) in [5, 5.41) is 10.6. The van der Waals surface area contributed by atoms with E-state index in [9.17, 15) is 8.78 Å². The molecule has 200 valence electrons. The summed E-state index contributed by atoms with van der Waals surface area (Å²) in [7, 11) is 0. The van der Waals surface area contributed by atoms with Crippen LogP contribution in [0.1, 0.15) is 41.4 Å². The monoisotopic (exact) mass is 522 g/mol. The third-order valence-corrected chi connectivity index (χ3v) is 6.62. The lowest BCUT2D eigenvalue weighted by molar-refractivity contribution is 0.283. The van der Waals surface area contributed by atoms with Crippen LogP contribution in [0.3, 0.4) is 0 Å². The van der Waals surface area contributed by atoms with E-state index in [1.165, 1.54) is 0 Å². The smallest absolute Gasteiger partial charge is 0.326 e. The van der Waals surface area contributed by atoms with Gasteiger partial charge in [0.1, 0.15) is 18.0 Å². The first-order chi connectivity index (χ1) is 18.4. The van der Waals surface area contributed by atoms with Gasteiger partial charge in [0.25, 0.3) is 0 Å². The number of aromatic nitrogens is 5. The largest absolute Gasteiger partial charge is 0.422 e. The van der Waals surface area contributed by atoms with Crippen LogP contribution in [0.4, 0.5) is 26.2 Å². The number of ether oxygens (including phenoxy) is 1. The minimum Gasteiger partial charge on any atom is -0.422 e. The van der Waals surface area contributed by atoms with Gasteiger partial charge >= 0.3 is 6.01 Å². The third-order valence-electron chi connectivity index (χ3n) is 6.62. The number of hydrogen-bond donors (Lipinski definition) is 3. The molecule has 3 aromatic rings. The second kappa shape index (κ2) is 11.2. The summed E-state index contributed by atoms with van der Waals surface area (Å²) in [5.41, 5.74) is 2.86. The molecule has 1 aliphatic heterocycles. The zero-order chi connectivity index (χ0) is 26.6. The van der Waals surface area contributed by atoms with Crippen LogP contribution in [0.25, 0.3) is 5.83 Å². The molecule has 0 unspecified atom stereocenters. The molecule has 3 N–H and O–H groups in total. The quantitative estimate of drug-likeness (QED) is 0.189. The summed E-state index contributed by atoms with van der Waals surface area (Å²) >= 11 is 0. The zero-order valence-corrected chi connectivity index (χ0v) is 21.6. The lowest BCUT2D eigenvalue weighted by Crippen LogP contribution is -2.46. The minimum atomic E-state index is -0.656. The molecule has 3 aromatic heterocycles. The lowest BCUT2D eigenvalue weighted by Gasteiger charge is -2.34. The van der Waals surface area contributed by atoms with Gasteiger partial charge in [-0.05, 0) is 38.3 Å². The summed E-state index contributed by atoms with van der Waals surface area (Å²) in [6.07, 6.45) is 5.36. The molecular formula is C27H32F2N8O. The Bertz CT molecular complexity index is 1350. The molecule has 0 aromatic carbocycles. The number of aryl methyl sites for hydroxylation is 2. The summed E-state index contributed by atoms with van der Waals surface area (Å²) < 4.78 is 34.4. The number of hydrogen-bond acceptors (Lipinski definition) is 7. The SMILES string of the molecule is C=CCN1CCN(c2cc(Nc3cc(C4CC4)[nH]n3)nc(OC(=C\F)/C=C(/F)c3[nH]c(C)cc3C)n2)CC1. The topological polar surface area (TPSA) is 98.0 Å². The highest BCUT2D eigenvalue weighted by Crippen LogP contribution is 2.39. The molecule has 38 heavy (non-hydrogen) atoms. The Morgan fingerprint density at radius 2 is 1.95 bits per heavy atom. The van der Waals surface area contributed by atoms with E-state index in [1.807, 2.05) is 31.2 Å². The molecule has 2 fully saturated rings. The molecule has 1 saturated carbocycles. The Hall–Kier alpha value is -3.99. The van der Waals surface area contributed by atoms with Crippen LogP contribution >= 0.6 is 0 Å². The number of aromatic amines is 2. The van der Waals surface area contributed by atoms with Crippen LogP contribution in [-0.4, -0.2) is 62.8 Å². The fraction of sp³-hybridized carbons (Fsp3) is 0.370. The van der Waals surface area contributed by atoms with Crippen LogP contribution in [-0.2, 0) is 0 Å². The molecule has 9 nitrogen and oxygen atoms in total. The van der Waals surface area contributed by atoms with Crippen molar-refractivity contribution < 1.29 is 13.5 Å². The summed E-state index contributed by atoms with van der Waals surface area (Å²) in [4.78, 5) is 16.3. The van der Waals surface area contributed by atoms with Gasteiger partial charge in [-0.15, -0.1) is 6.58 Å². The van der Waals surface area contributed by atoms with Gasteiger partial charge in [-0.2, -0.15) is 15.1 Å². The maximum atomic E-state index is 14.9. The van der Waals surface area contributed by atoms with Crippen molar-refractivity contribution in [3.63, 3.8) is 0 Å². The predicted octanol–water partition coefficient (Wildman–Crippen LogP) is 5.27. The van der Waals surface area contributed by atoms with Crippen molar-refractivity contribution >= 4 is 23.3 Å². The Morgan fingerprint density at radius 1 is 1.16 bits per heavy atom. The van der Waals surface area contributed by atoms with Crippen molar-refractivity contribution in [3.05, 3.63) is 71.7 Å². The molecule has 0 radical (unpaired) electrons. The van der Waals surface area contributed by atoms with Gasteiger partial charge in [0.15, 0.2) is 17.4 Å². The molecule has 1 aliphatic carbocycles. The number of anilines is 3. The average molecular weight is 523 g/mol. The fourth-order valence-corrected chi connectivity index (χ4v) is 4.52. The van der Waals surface area contributed by atoms with Gasteiger partial charge in [-0.25, -0.2) is 8.78 Å². The van der Waals surface area contributed by atoms with Crippen LogP contribution < -0.4 is 15.0 Å². The molecular weight excluding hydrogens is 490 g/mol. The predicted molar refractivity (Wildman–Crippen MR) is 144 cm³/mol. The summed E-state index contributed by atoms with van der Waals surface area (Å²) in [6.45, 7) is 11.4. The minimum absolute atomic E-state index is 0.108. The first-order valence-corrected chi connectivity index (χ1v) is 12.7. The number of nitrogens with one attached hydrogen (secondary N) is 3. The van der Waals surface area contributed by atoms with E-state index >= 15 is 0 Å². The van der Waals surface area contributed by atoms with Gasteiger partial charge < -0.3 is 19.9 Å². The van der Waals surface area contributed by atoms with Gasteiger partial charge in [-0.1, -0.05) is 6.08 Å². The molecule has 11 heteroatoms. The number of halogens is 2. The molecule has 2 aliphatic rings. The van der Waals surface area contributed by atoms with Crippen LogP contribution in [0, 0.1) is 13.8 Å². The number of H-pyrrole nitrogens is 2. The Kier molecular flexibility index (Phi) is 7.54. The van der Waals surface area contributed by atoms with Gasteiger partial charge in [-0.3, -0.25) is 10.00 Å². The van der Waals surface area contributed by atoms with Gasteiger partial charge in [0.2, 0.25) is 0 Å². The second-order valence-electron chi connectivity index (χ2n) is 9.69. The first kappa shape index (κ1) is 25.7. The highest BCUT2D eigenvalue weighted by molar-refractivity contribution is 5.62. The average Bonchev–Trinajstić information content (AvgIpc) is 3.55. The van der Waals surface area contributed by atoms with Crippen molar-refractivity contribution in [1.82, 2.24) is 30.0 Å². The van der Waals surface area contributed by atoms with Crippen molar-refractivity contribution in [2.75, 3.05) is 42.9 Å². The standard InChI is InChI=1S/C27H32F2N8O/c1-4-7-36-8-10-37(11-9-36)25-15-23(31-24-14-22(34-35-24)19-5-6-19)32-27(33-25)38-20(16-28)13-21(29)26-17(2)12-18(3)30-26/h4,12-16,19,30H,1,5-11H2,2-3H3,(H2,31,32,33,34,35)/b20-16-,21-13+. The van der Waals surface area contributed by atoms with Crippen molar-refractivity contribution in [2.24, 2.45) is 0 Å². The van der Waals surface area contributed by atoms with E-state index in [-0.39, 0.29) is 23.8 Å². The second-order valence-corrected chi connectivity index (χ2v) is 9.69. The van der Waals surface area contributed by atoms with Crippen LogP contribution in [0.15, 0.2) is 49.0 Å². The van der Waals surface area contributed by atoms with Crippen molar-refractivity contribution in [2.45, 2.75) is 32.6 Å². The lowest BCUT2D eigenvalue weighted by atomic mass is 10.2. The van der Waals surface area contributed by atoms with Gasteiger partial charge in [0.05, 0.1) is 5.69 Å². The molecule has 0 amide bonds. The van der Waals surface area contributed by atoms with Crippen molar-refractivity contribution in [3.8, 4) is 6.01 Å². The van der Waals surface area contributed by atoms with Crippen LogP contribution in [0.2, 0.25) is 0 Å². The normalized spacial score (nSPS) is 17.1. The van der Waals surface area contributed by atoms with E-state index in [0.717, 1.165) is 63.0 Å². The highest BCUT2D eigenvalue weighted by atomic mass is 19.1. The number of piperazine rings is 1. The number of rotatable bonds is 10. The number of allylic oxidation sites excluding steroid dienone is 1. The fourth-order valence-electron chi connectivity index (χ4n) is 4.52. The van der Waals surface area contributed by atoms with E-state index < -0.39 is 5.83 Å².